The quantitative estimate of drug-likeness (QED) is 0.375. The van der Waals surface area contributed by atoms with Crippen molar-refractivity contribution in [3.05, 3.63) is 53.5 Å². The molecule has 1 aromatic carbocycles. The molecule has 13 nitrogen and oxygen atoms in total. The number of nitrogens with two attached hydrogens (primary N) is 2. The lowest BCUT2D eigenvalue weighted by atomic mass is 9.99. The predicted molar refractivity (Wildman–Crippen MR) is 124 cm³/mol. The molecule has 0 amide bonds. The average molecular weight is 524 g/mol. The van der Waals surface area contributed by atoms with Gasteiger partial charge in [-0.1, -0.05) is 24.3 Å². The number of nitrogens with one attached hydrogen (secondary N) is 1. The Bertz CT molecular complexity index is 1460. The van der Waals surface area contributed by atoms with Gasteiger partial charge in [-0.15, -0.1) is 0 Å². The van der Waals surface area contributed by atoms with E-state index in [0.717, 1.165) is 18.4 Å². The van der Waals surface area contributed by atoms with E-state index in [1.165, 1.54) is 17.5 Å². The summed E-state index contributed by atoms with van der Waals surface area (Å²) in [5.41, 5.74) is 3.84. The molecule has 1 fully saturated rings. The van der Waals surface area contributed by atoms with Crippen molar-refractivity contribution in [3.63, 3.8) is 0 Å². The molecule has 2 aromatic heterocycles. The monoisotopic (exact) mass is 523 g/mol. The standard InChI is InChI=1S/C20H25N7O6S2/c21-34(28,29)32-10-14-7-13(8-18(14)33-35(22,30)31)16-9-25-27-19(16)23-11-24-20(27)26-17-6-5-12-3-1-2-4-15(12)17/h1-4,9,11,13-14,17-18H,5-8,10H2,(H2,21,28,29)(H2,22,30,31)(H,23,24,26)/t13-,14+,17-,18-/m0/s1. The van der Waals surface area contributed by atoms with Crippen LogP contribution < -0.4 is 15.6 Å². The maximum atomic E-state index is 11.6. The number of nitrogens with zero attached hydrogens (tertiary/aromatic N) is 4. The molecule has 0 saturated heterocycles. The summed E-state index contributed by atoms with van der Waals surface area (Å²) in [6.07, 6.45) is 4.72. The minimum absolute atomic E-state index is 0.0933. The molecule has 0 radical (unpaired) electrons. The topological polar surface area (TPSA) is 194 Å². The van der Waals surface area contributed by atoms with Gasteiger partial charge < -0.3 is 5.32 Å². The van der Waals surface area contributed by atoms with Crippen LogP contribution in [-0.4, -0.2) is 49.1 Å². The van der Waals surface area contributed by atoms with Gasteiger partial charge in [0.15, 0.2) is 5.65 Å². The smallest absolute Gasteiger partial charge is 0.333 e. The number of aromatic nitrogens is 4. The van der Waals surface area contributed by atoms with E-state index >= 15 is 0 Å². The predicted octanol–water partition coefficient (Wildman–Crippen LogP) is 0.526. The van der Waals surface area contributed by atoms with Crippen LogP contribution in [0, 0.1) is 5.92 Å². The largest absolute Gasteiger partial charge is 0.347 e. The molecule has 5 N–H and O–H groups in total. The molecule has 2 aliphatic carbocycles. The molecule has 35 heavy (non-hydrogen) atoms. The lowest BCUT2D eigenvalue weighted by Gasteiger charge is -2.17. The zero-order valence-corrected chi connectivity index (χ0v) is 20.2. The number of hydrogen-bond acceptors (Lipinski definition) is 10. The summed E-state index contributed by atoms with van der Waals surface area (Å²) in [5.74, 6) is -0.281. The lowest BCUT2D eigenvalue weighted by molar-refractivity contribution is 0.127. The van der Waals surface area contributed by atoms with Gasteiger partial charge in [-0.3, -0.25) is 8.37 Å². The highest BCUT2D eigenvalue weighted by atomic mass is 32.2. The van der Waals surface area contributed by atoms with Crippen LogP contribution >= 0.6 is 0 Å². The second kappa shape index (κ2) is 9.07. The van der Waals surface area contributed by atoms with Gasteiger partial charge in [0.2, 0.25) is 5.95 Å². The Hall–Kier alpha value is -2.69. The summed E-state index contributed by atoms with van der Waals surface area (Å²) in [5, 5.41) is 17.9. The van der Waals surface area contributed by atoms with Crippen molar-refractivity contribution in [2.24, 2.45) is 16.2 Å². The van der Waals surface area contributed by atoms with Crippen molar-refractivity contribution in [2.45, 2.75) is 43.7 Å². The van der Waals surface area contributed by atoms with Gasteiger partial charge in [-0.2, -0.15) is 26.4 Å². The molecule has 0 unspecified atom stereocenters. The average Bonchev–Trinajstić information content (AvgIpc) is 3.48. The van der Waals surface area contributed by atoms with Crippen molar-refractivity contribution in [1.29, 1.82) is 0 Å². The second-order valence-electron chi connectivity index (χ2n) is 8.80. The van der Waals surface area contributed by atoms with E-state index in [9.17, 15) is 16.8 Å². The molecule has 0 bridgehead atoms. The molecule has 2 heterocycles. The third kappa shape index (κ3) is 5.29. The first-order valence-corrected chi connectivity index (χ1v) is 13.9. The van der Waals surface area contributed by atoms with Crippen LogP contribution in [0.2, 0.25) is 0 Å². The molecule has 4 atom stereocenters. The second-order valence-corrected chi connectivity index (χ2v) is 11.2. The highest BCUT2D eigenvalue weighted by Crippen LogP contribution is 2.42. The van der Waals surface area contributed by atoms with Gasteiger partial charge >= 0.3 is 20.6 Å². The zero-order chi connectivity index (χ0) is 24.8. The van der Waals surface area contributed by atoms with Crippen LogP contribution in [0.3, 0.4) is 0 Å². The van der Waals surface area contributed by atoms with Crippen molar-refractivity contribution in [3.8, 4) is 0 Å². The molecule has 15 heteroatoms. The fraction of sp³-hybridized carbons (Fsp3) is 0.450. The summed E-state index contributed by atoms with van der Waals surface area (Å²) >= 11 is 0. The van der Waals surface area contributed by atoms with Crippen LogP contribution in [0.25, 0.3) is 5.65 Å². The molecule has 0 spiro atoms. The highest BCUT2D eigenvalue weighted by Gasteiger charge is 2.40. The van der Waals surface area contributed by atoms with Crippen molar-refractivity contribution in [1.82, 2.24) is 19.6 Å². The van der Waals surface area contributed by atoms with Crippen LogP contribution in [0.15, 0.2) is 36.8 Å². The maximum Gasteiger partial charge on any atom is 0.333 e. The molecular formula is C20H25N7O6S2. The van der Waals surface area contributed by atoms with E-state index in [0.29, 0.717) is 18.0 Å². The zero-order valence-electron chi connectivity index (χ0n) is 18.5. The third-order valence-electron chi connectivity index (χ3n) is 6.54. The Morgan fingerprint density at radius 3 is 2.63 bits per heavy atom. The molecule has 1 saturated carbocycles. The SMILES string of the molecule is NS(=O)(=O)OC[C@H]1C[C@H](c2cnn3c(N[C@H]4CCc5ccccc54)ncnc23)C[C@@H]1OS(N)(=O)=O. The van der Waals surface area contributed by atoms with E-state index in [4.69, 9.17) is 18.6 Å². The van der Waals surface area contributed by atoms with Crippen LogP contribution in [0.5, 0.6) is 0 Å². The lowest BCUT2D eigenvalue weighted by Crippen LogP contribution is -2.30. The first-order valence-electron chi connectivity index (χ1n) is 11.0. The molecule has 188 valence electrons. The summed E-state index contributed by atoms with van der Waals surface area (Å²) < 4.78 is 57.0. The summed E-state index contributed by atoms with van der Waals surface area (Å²) in [6.45, 7) is -0.336. The van der Waals surface area contributed by atoms with Crippen molar-refractivity contribution in [2.75, 3.05) is 11.9 Å². The number of rotatable bonds is 8. The van der Waals surface area contributed by atoms with Crippen LogP contribution in [-0.2, 0) is 35.4 Å². The van der Waals surface area contributed by atoms with Gasteiger partial charge in [0.05, 0.1) is 24.9 Å². The van der Waals surface area contributed by atoms with E-state index in [1.807, 2.05) is 12.1 Å². The van der Waals surface area contributed by atoms with Gasteiger partial charge in [-0.25, -0.2) is 20.2 Å². The number of anilines is 1. The third-order valence-corrected chi connectivity index (χ3v) is 7.52. The van der Waals surface area contributed by atoms with Crippen molar-refractivity contribution >= 4 is 32.2 Å². The normalized spacial score (nSPS) is 24.6. The first-order chi connectivity index (χ1) is 16.6. The van der Waals surface area contributed by atoms with E-state index in [1.54, 1.807) is 10.7 Å². The molecule has 3 aromatic rings. The van der Waals surface area contributed by atoms with E-state index in [2.05, 4.69) is 32.5 Å². The Balaban J connectivity index is 1.40. The minimum Gasteiger partial charge on any atom is -0.347 e. The number of fused-ring (bicyclic) bond motifs is 2. The Labute approximate surface area is 202 Å². The van der Waals surface area contributed by atoms with Gasteiger partial charge in [0.1, 0.15) is 6.33 Å². The fourth-order valence-electron chi connectivity index (χ4n) is 5.07. The minimum atomic E-state index is -4.27. The maximum absolute atomic E-state index is 11.6. The fourth-order valence-corrected chi connectivity index (χ4v) is 6.01. The molecule has 2 aliphatic rings. The van der Waals surface area contributed by atoms with Gasteiger partial charge in [0.25, 0.3) is 0 Å². The Morgan fingerprint density at radius 1 is 1.06 bits per heavy atom. The number of aryl methyl sites for hydroxylation is 1. The summed E-state index contributed by atoms with van der Waals surface area (Å²) in [4.78, 5) is 8.77. The number of benzene rings is 1. The highest BCUT2D eigenvalue weighted by molar-refractivity contribution is 7.84. The first kappa shape index (κ1) is 24.0. The van der Waals surface area contributed by atoms with Crippen molar-refractivity contribution < 1.29 is 25.2 Å². The van der Waals surface area contributed by atoms with Gasteiger partial charge in [-0.05, 0) is 42.7 Å². The summed E-state index contributed by atoms with van der Waals surface area (Å²) in [6, 6.07) is 8.35. The number of hydrogen-bond donors (Lipinski definition) is 3. The molecular weight excluding hydrogens is 498 g/mol. The van der Waals surface area contributed by atoms with Crippen LogP contribution in [0.1, 0.15) is 47.9 Å². The van der Waals surface area contributed by atoms with Crippen LogP contribution in [0.4, 0.5) is 5.95 Å². The van der Waals surface area contributed by atoms with E-state index < -0.39 is 32.6 Å². The van der Waals surface area contributed by atoms with E-state index in [-0.39, 0.29) is 25.0 Å². The van der Waals surface area contributed by atoms with Gasteiger partial charge in [0, 0.05) is 11.5 Å². The summed E-state index contributed by atoms with van der Waals surface area (Å²) in [7, 11) is -8.47. The molecule has 5 rings (SSSR count). The Kier molecular flexibility index (Phi) is 6.23. The molecule has 0 aliphatic heterocycles. The Morgan fingerprint density at radius 2 is 1.86 bits per heavy atom.